The maximum absolute atomic E-state index is 16.1. The molecule has 1 aliphatic carbocycles. The van der Waals surface area contributed by atoms with Gasteiger partial charge in [0.05, 0.1) is 18.2 Å². The van der Waals surface area contributed by atoms with E-state index in [1.54, 1.807) is 20.0 Å². The molecule has 1 fully saturated rings. The van der Waals surface area contributed by atoms with Crippen LogP contribution in [0.3, 0.4) is 0 Å². The van der Waals surface area contributed by atoms with Crippen molar-refractivity contribution in [1.82, 2.24) is 19.4 Å². The molecule has 5 rings (SSSR count). The number of hydrogen-bond donors (Lipinski definition) is 2. The topological polar surface area (TPSA) is 102 Å². The molecule has 224 valence electrons. The molecule has 0 saturated heterocycles. The Bertz CT molecular complexity index is 1790. The van der Waals surface area contributed by atoms with Gasteiger partial charge in [-0.3, -0.25) is 9.78 Å². The highest BCUT2D eigenvalue weighted by molar-refractivity contribution is 5.96. The van der Waals surface area contributed by atoms with Gasteiger partial charge in [0.25, 0.3) is 5.91 Å². The van der Waals surface area contributed by atoms with Gasteiger partial charge in [-0.15, -0.1) is 4.99 Å². The molecule has 2 amide bonds. The summed E-state index contributed by atoms with van der Waals surface area (Å²) in [5.74, 6) is -2.45. The largest absolute Gasteiger partial charge is 0.463 e. The summed E-state index contributed by atoms with van der Waals surface area (Å²) in [7, 11) is 1.55. The number of rotatable bonds is 7. The van der Waals surface area contributed by atoms with Crippen molar-refractivity contribution in [2.24, 2.45) is 18.0 Å². The van der Waals surface area contributed by atoms with Gasteiger partial charge < -0.3 is 19.6 Å². The van der Waals surface area contributed by atoms with E-state index in [0.717, 1.165) is 25.1 Å². The van der Waals surface area contributed by atoms with Crippen LogP contribution in [0.1, 0.15) is 51.6 Å². The zero-order chi connectivity index (χ0) is 31.1. The quantitative estimate of drug-likeness (QED) is 0.255. The van der Waals surface area contributed by atoms with Crippen LogP contribution >= 0.6 is 0 Å². The van der Waals surface area contributed by atoms with Crippen LogP contribution in [0.15, 0.2) is 66.0 Å². The van der Waals surface area contributed by atoms with E-state index in [0.29, 0.717) is 11.1 Å². The first kappa shape index (κ1) is 29.7. The first-order chi connectivity index (χ1) is 20.3. The number of benzene rings is 2. The van der Waals surface area contributed by atoms with Crippen LogP contribution in [0.4, 0.5) is 26.7 Å². The van der Waals surface area contributed by atoms with Crippen molar-refractivity contribution in [3.8, 4) is 11.1 Å². The molecule has 2 aromatic heterocycles. The molecule has 2 N–H and O–H groups in total. The third-order valence-electron chi connectivity index (χ3n) is 7.26. The molecule has 0 aliphatic heterocycles. The number of imidazole rings is 1. The molecule has 43 heavy (non-hydrogen) atoms. The SMILES string of the molecule is Cc1cc(C(NC(=O)c2cc(Cn3ccn(C)c3=NC(=O)O)cc(-c3cccnc3C(F)(F)F)c2F)C2CC2)ccc1F. The Morgan fingerprint density at radius 3 is 2.51 bits per heavy atom. The third kappa shape index (κ3) is 6.35. The lowest BCUT2D eigenvalue weighted by Crippen LogP contribution is -2.31. The van der Waals surface area contributed by atoms with Crippen LogP contribution in [0.5, 0.6) is 0 Å². The van der Waals surface area contributed by atoms with E-state index in [9.17, 15) is 32.3 Å². The first-order valence-electron chi connectivity index (χ1n) is 13.2. The first-order valence-corrected chi connectivity index (χ1v) is 13.2. The summed E-state index contributed by atoms with van der Waals surface area (Å²) >= 11 is 0. The van der Waals surface area contributed by atoms with Crippen molar-refractivity contribution in [2.45, 2.75) is 38.5 Å². The fourth-order valence-corrected chi connectivity index (χ4v) is 5.03. The molecule has 2 aromatic carbocycles. The van der Waals surface area contributed by atoms with Crippen LogP contribution in [0, 0.1) is 24.5 Å². The van der Waals surface area contributed by atoms with Crippen molar-refractivity contribution < 1.29 is 36.6 Å². The van der Waals surface area contributed by atoms with E-state index >= 15 is 4.39 Å². The molecule has 4 aromatic rings. The number of carboxylic acid groups (broad SMARTS) is 1. The number of aromatic nitrogens is 3. The van der Waals surface area contributed by atoms with Crippen LogP contribution in [0.2, 0.25) is 0 Å². The molecule has 2 heterocycles. The predicted molar refractivity (Wildman–Crippen MR) is 145 cm³/mol. The van der Waals surface area contributed by atoms with E-state index in [2.05, 4.69) is 15.3 Å². The summed E-state index contributed by atoms with van der Waals surface area (Å²) in [6, 6.07) is 8.51. The summed E-state index contributed by atoms with van der Waals surface area (Å²) in [5.41, 5.74) is -1.71. The monoisotopic (exact) mass is 599 g/mol. The third-order valence-corrected chi connectivity index (χ3v) is 7.26. The molecule has 0 spiro atoms. The lowest BCUT2D eigenvalue weighted by Gasteiger charge is -2.21. The predicted octanol–water partition coefficient (Wildman–Crippen LogP) is 6.00. The van der Waals surface area contributed by atoms with Crippen molar-refractivity contribution in [2.75, 3.05) is 0 Å². The number of halogens is 5. The van der Waals surface area contributed by atoms with Crippen molar-refractivity contribution >= 4 is 12.0 Å². The second-order valence-electron chi connectivity index (χ2n) is 10.4. The minimum Gasteiger partial charge on any atom is -0.463 e. The Balaban J connectivity index is 1.63. The number of nitrogens with one attached hydrogen (secondary N) is 1. The smallest absolute Gasteiger partial charge is 0.434 e. The highest BCUT2D eigenvalue weighted by atomic mass is 19.4. The summed E-state index contributed by atoms with van der Waals surface area (Å²) < 4.78 is 74.6. The van der Waals surface area contributed by atoms with Crippen molar-refractivity contribution in [3.63, 3.8) is 0 Å². The average molecular weight is 600 g/mol. The Morgan fingerprint density at radius 2 is 1.86 bits per heavy atom. The fourth-order valence-electron chi connectivity index (χ4n) is 5.03. The number of hydrogen-bond acceptors (Lipinski definition) is 3. The molecule has 0 bridgehead atoms. The van der Waals surface area contributed by atoms with Gasteiger partial charge >= 0.3 is 12.3 Å². The molecule has 1 atom stereocenters. The summed E-state index contributed by atoms with van der Waals surface area (Å²) in [6.07, 6.45) is -0.876. The van der Waals surface area contributed by atoms with Gasteiger partial charge in [0.2, 0.25) is 5.62 Å². The lowest BCUT2D eigenvalue weighted by atomic mass is 9.95. The number of amides is 2. The normalized spacial score (nSPS) is 14.5. The van der Waals surface area contributed by atoms with E-state index < -0.39 is 58.2 Å². The fraction of sp³-hybridized carbons (Fsp3) is 0.267. The lowest BCUT2D eigenvalue weighted by molar-refractivity contribution is -0.140. The van der Waals surface area contributed by atoms with Crippen LogP contribution in [0.25, 0.3) is 11.1 Å². The van der Waals surface area contributed by atoms with Gasteiger partial charge in [-0.2, -0.15) is 13.2 Å². The minimum atomic E-state index is -4.92. The van der Waals surface area contributed by atoms with E-state index in [-0.39, 0.29) is 23.6 Å². The zero-order valence-corrected chi connectivity index (χ0v) is 23.0. The summed E-state index contributed by atoms with van der Waals surface area (Å²) in [6.45, 7) is 1.43. The molecular formula is C30H26F5N5O3. The highest BCUT2D eigenvalue weighted by Gasteiger charge is 2.37. The van der Waals surface area contributed by atoms with E-state index in [4.69, 9.17) is 0 Å². The van der Waals surface area contributed by atoms with Gasteiger partial charge in [-0.25, -0.2) is 13.6 Å². The number of alkyl halides is 3. The summed E-state index contributed by atoms with van der Waals surface area (Å²) in [5, 5.41) is 12.0. The molecular weight excluding hydrogens is 573 g/mol. The van der Waals surface area contributed by atoms with Crippen LogP contribution in [-0.2, 0) is 19.8 Å². The number of nitrogens with zero attached hydrogens (tertiary/aromatic N) is 4. The van der Waals surface area contributed by atoms with E-state index in [1.165, 1.54) is 51.9 Å². The number of carbonyl (C=O) groups is 2. The molecule has 1 aliphatic rings. The van der Waals surface area contributed by atoms with Gasteiger partial charge in [0, 0.05) is 36.8 Å². The number of aryl methyl sites for hydroxylation is 2. The van der Waals surface area contributed by atoms with Crippen LogP contribution in [-0.4, -0.2) is 31.2 Å². The Kier molecular flexibility index (Phi) is 7.91. The number of pyridine rings is 1. The van der Waals surface area contributed by atoms with Gasteiger partial charge in [0.1, 0.15) is 11.6 Å². The van der Waals surface area contributed by atoms with Crippen molar-refractivity contribution in [1.29, 1.82) is 0 Å². The average Bonchev–Trinajstić information content (AvgIpc) is 3.74. The molecule has 1 saturated carbocycles. The van der Waals surface area contributed by atoms with Gasteiger partial charge in [-0.1, -0.05) is 18.2 Å². The van der Waals surface area contributed by atoms with Gasteiger partial charge in [-0.05, 0) is 66.6 Å². The van der Waals surface area contributed by atoms with E-state index in [1.807, 2.05) is 0 Å². The Morgan fingerprint density at radius 1 is 1.12 bits per heavy atom. The molecule has 1 unspecified atom stereocenters. The Hall–Kier alpha value is -4.81. The second kappa shape index (κ2) is 11.5. The van der Waals surface area contributed by atoms with Crippen molar-refractivity contribution in [3.05, 3.63) is 106 Å². The van der Waals surface area contributed by atoms with Gasteiger partial charge in [0.15, 0.2) is 5.69 Å². The minimum absolute atomic E-state index is 0.00205. The summed E-state index contributed by atoms with van der Waals surface area (Å²) in [4.78, 5) is 31.9. The standard InChI is InChI=1S/C30H26F5N5O3/c1-16-12-19(7-8-23(16)31)25(18-5-6-18)37-27(41)22-14-17(15-40-11-10-39(2)28(40)38-29(42)43)13-21(24(22)32)20-4-3-9-36-26(20)30(33,34)35/h3-4,7-14,18,25H,5-6,15H2,1-2H3,(H,37,41)(H,42,43). The maximum Gasteiger partial charge on any atom is 0.434 e. The number of carbonyl (C=O) groups excluding carboxylic acids is 1. The molecule has 0 radical (unpaired) electrons. The second-order valence-corrected chi connectivity index (χ2v) is 10.4. The van der Waals surface area contributed by atoms with Crippen LogP contribution < -0.4 is 10.9 Å². The molecule has 13 heteroatoms. The Labute approximate surface area is 242 Å². The maximum atomic E-state index is 16.1. The molecule has 8 nitrogen and oxygen atoms in total. The highest BCUT2D eigenvalue weighted by Crippen LogP contribution is 2.42. The zero-order valence-electron chi connectivity index (χ0n) is 23.0.